The van der Waals surface area contributed by atoms with Crippen molar-refractivity contribution in [3.05, 3.63) is 66.1 Å². The predicted molar refractivity (Wildman–Crippen MR) is 119 cm³/mol. The Morgan fingerprint density at radius 3 is 2.45 bits per heavy atom. The molecule has 2 heterocycles. The normalized spacial score (nSPS) is 20.3. The van der Waals surface area contributed by atoms with Crippen LogP contribution in [0.4, 0.5) is 0 Å². The van der Waals surface area contributed by atoms with Crippen molar-refractivity contribution in [2.45, 2.75) is 44.0 Å². The average molecular weight is 472 g/mol. The molecule has 9 nitrogen and oxygen atoms in total. The molecule has 0 aliphatic carbocycles. The number of hydrogen-bond donors (Lipinski definition) is 0. The summed E-state index contributed by atoms with van der Waals surface area (Å²) >= 11 is 0. The highest BCUT2D eigenvalue weighted by Gasteiger charge is 2.32. The van der Waals surface area contributed by atoms with Crippen LogP contribution in [0.5, 0.6) is 0 Å². The third kappa shape index (κ3) is 5.13. The molecule has 0 radical (unpaired) electrons. The fraction of sp³-hybridized carbons (Fsp3) is 0.348. The first kappa shape index (κ1) is 23.1. The van der Waals surface area contributed by atoms with E-state index in [9.17, 15) is 13.2 Å². The third-order valence-corrected chi connectivity index (χ3v) is 7.01. The second kappa shape index (κ2) is 9.42. The van der Waals surface area contributed by atoms with Gasteiger partial charge in [0, 0.05) is 18.7 Å². The Morgan fingerprint density at radius 2 is 1.76 bits per heavy atom. The van der Waals surface area contributed by atoms with E-state index >= 15 is 0 Å². The lowest BCUT2D eigenvalue weighted by Gasteiger charge is -2.34. The topological polar surface area (TPSA) is 112 Å². The van der Waals surface area contributed by atoms with Crippen LogP contribution in [-0.4, -0.2) is 54.2 Å². The molecule has 174 valence electrons. The molecular formula is C23H25N3O6S. The van der Waals surface area contributed by atoms with E-state index < -0.39 is 22.1 Å². The molecule has 1 aromatic heterocycles. The van der Waals surface area contributed by atoms with Crippen LogP contribution in [0.2, 0.25) is 0 Å². The molecule has 0 saturated carbocycles. The summed E-state index contributed by atoms with van der Waals surface area (Å²) in [6.45, 7) is 5.76. The summed E-state index contributed by atoms with van der Waals surface area (Å²) in [4.78, 5) is 12.7. The van der Waals surface area contributed by atoms with Crippen LogP contribution in [0.1, 0.15) is 43.1 Å². The standard InChI is InChI=1S/C23H25N3O6S/c1-15-13-26(14-16(2)30-15)33(28,29)20-11-7-10-19(12-20)23(27)31-17(3)21-24-25-22(32-21)18-8-5-4-6-9-18/h4-12,15-17H,13-14H2,1-3H3/t15-,16-,17+/m1/s1. The summed E-state index contributed by atoms with van der Waals surface area (Å²) in [6.07, 6.45) is -1.25. The summed E-state index contributed by atoms with van der Waals surface area (Å²) in [5.41, 5.74) is 0.861. The highest BCUT2D eigenvalue weighted by Crippen LogP contribution is 2.25. The van der Waals surface area contributed by atoms with Gasteiger partial charge >= 0.3 is 5.97 Å². The maximum atomic E-state index is 13.1. The number of aromatic nitrogens is 2. The van der Waals surface area contributed by atoms with Crippen LogP contribution in [0.25, 0.3) is 11.5 Å². The summed E-state index contributed by atoms with van der Waals surface area (Å²) in [5.74, 6) is -0.236. The molecule has 1 fully saturated rings. The molecule has 3 atom stereocenters. The summed E-state index contributed by atoms with van der Waals surface area (Å²) in [6, 6.07) is 15.0. The van der Waals surface area contributed by atoms with Gasteiger partial charge in [0.15, 0.2) is 6.10 Å². The molecule has 10 heteroatoms. The van der Waals surface area contributed by atoms with Crippen molar-refractivity contribution >= 4 is 16.0 Å². The van der Waals surface area contributed by atoms with Gasteiger partial charge in [-0.3, -0.25) is 0 Å². The van der Waals surface area contributed by atoms with Gasteiger partial charge in [-0.05, 0) is 51.1 Å². The molecule has 1 aliphatic heterocycles. The van der Waals surface area contributed by atoms with Crippen molar-refractivity contribution in [1.29, 1.82) is 0 Å². The lowest BCUT2D eigenvalue weighted by atomic mass is 10.2. The van der Waals surface area contributed by atoms with Gasteiger partial charge in [-0.25, -0.2) is 13.2 Å². The van der Waals surface area contributed by atoms with Crippen molar-refractivity contribution in [3.63, 3.8) is 0 Å². The minimum Gasteiger partial charge on any atom is -0.449 e. The number of rotatable bonds is 6. The zero-order valence-electron chi connectivity index (χ0n) is 18.5. The fourth-order valence-corrected chi connectivity index (χ4v) is 5.27. The molecule has 1 saturated heterocycles. The van der Waals surface area contributed by atoms with E-state index in [0.717, 1.165) is 5.56 Å². The number of esters is 1. The van der Waals surface area contributed by atoms with E-state index in [2.05, 4.69) is 10.2 Å². The van der Waals surface area contributed by atoms with E-state index in [1.165, 1.54) is 28.6 Å². The van der Waals surface area contributed by atoms with Crippen LogP contribution in [0.15, 0.2) is 63.9 Å². The number of hydrogen-bond acceptors (Lipinski definition) is 8. The van der Waals surface area contributed by atoms with Crippen LogP contribution in [-0.2, 0) is 19.5 Å². The van der Waals surface area contributed by atoms with Crippen LogP contribution in [0, 0.1) is 0 Å². The van der Waals surface area contributed by atoms with Crippen LogP contribution < -0.4 is 0 Å². The molecule has 1 aliphatic rings. The third-order valence-electron chi connectivity index (χ3n) is 5.19. The summed E-state index contributed by atoms with van der Waals surface area (Å²) in [5, 5.41) is 7.96. The second-order valence-corrected chi connectivity index (χ2v) is 9.90. The number of ether oxygens (including phenoxy) is 2. The lowest BCUT2D eigenvalue weighted by Crippen LogP contribution is -2.48. The Hall–Kier alpha value is -3.08. The van der Waals surface area contributed by atoms with Crippen LogP contribution in [0.3, 0.4) is 0 Å². The van der Waals surface area contributed by atoms with E-state index in [4.69, 9.17) is 13.9 Å². The first-order valence-corrected chi connectivity index (χ1v) is 12.0. The first-order chi connectivity index (χ1) is 15.7. The monoisotopic (exact) mass is 471 g/mol. The Morgan fingerprint density at radius 1 is 1.06 bits per heavy atom. The van der Waals surface area contributed by atoms with E-state index in [0.29, 0.717) is 5.89 Å². The van der Waals surface area contributed by atoms with E-state index in [1.54, 1.807) is 6.92 Å². The molecule has 2 aromatic carbocycles. The Balaban J connectivity index is 1.48. The molecule has 33 heavy (non-hydrogen) atoms. The molecule has 0 unspecified atom stereocenters. The Bertz CT molecular complexity index is 1220. The van der Waals surface area contributed by atoms with Gasteiger partial charge in [0.25, 0.3) is 5.89 Å². The van der Waals surface area contributed by atoms with Gasteiger partial charge in [0.1, 0.15) is 0 Å². The molecule has 0 amide bonds. The zero-order chi connectivity index (χ0) is 23.6. The Kier molecular flexibility index (Phi) is 6.59. The SMILES string of the molecule is C[C@@H]1CN(S(=O)(=O)c2cccc(C(=O)O[C@@H](C)c3nnc(-c4ccccc4)o3)c2)C[C@@H](C)O1. The minimum absolute atomic E-state index is 0.0232. The predicted octanol–water partition coefficient (Wildman–Crippen LogP) is 3.45. The molecule has 0 N–H and O–H groups in total. The number of sulfonamides is 1. The van der Waals surface area contributed by atoms with Crippen molar-refractivity contribution in [1.82, 2.24) is 14.5 Å². The smallest absolute Gasteiger partial charge is 0.338 e. The highest BCUT2D eigenvalue weighted by atomic mass is 32.2. The maximum Gasteiger partial charge on any atom is 0.338 e. The number of carbonyl (C=O) groups is 1. The van der Waals surface area contributed by atoms with Crippen molar-refractivity contribution in [3.8, 4) is 11.5 Å². The van der Waals surface area contributed by atoms with E-state index in [-0.39, 0.29) is 41.6 Å². The molecular weight excluding hydrogens is 446 g/mol. The van der Waals surface area contributed by atoms with Gasteiger partial charge in [-0.2, -0.15) is 4.31 Å². The van der Waals surface area contributed by atoms with Gasteiger partial charge in [-0.1, -0.05) is 24.3 Å². The second-order valence-electron chi connectivity index (χ2n) is 7.97. The fourth-order valence-electron chi connectivity index (χ4n) is 3.63. The van der Waals surface area contributed by atoms with Gasteiger partial charge in [0.05, 0.1) is 22.7 Å². The molecule has 0 spiro atoms. The summed E-state index contributed by atoms with van der Waals surface area (Å²) < 4.78 is 44.3. The molecule has 0 bridgehead atoms. The number of carbonyl (C=O) groups excluding carboxylic acids is 1. The summed E-state index contributed by atoms with van der Waals surface area (Å²) in [7, 11) is -3.79. The van der Waals surface area contributed by atoms with Crippen molar-refractivity contribution in [2.24, 2.45) is 0 Å². The van der Waals surface area contributed by atoms with E-state index in [1.807, 2.05) is 44.2 Å². The van der Waals surface area contributed by atoms with Crippen LogP contribution >= 0.6 is 0 Å². The Labute approximate surface area is 192 Å². The van der Waals surface area contributed by atoms with Crippen molar-refractivity contribution in [2.75, 3.05) is 13.1 Å². The quantitative estimate of drug-likeness (QED) is 0.503. The number of nitrogens with zero attached hydrogens (tertiary/aromatic N) is 3. The highest BCUT2D eigenvalue weighted by molar-refractivity contribution is 7.89. The van der Waals surface area contributed by atoms with Crippen molar-refractivity contribution < 1.29 is 27.1 Å². The van der Waals surface area contributed by atoms with Gasteiger partial charge in [0.2, 0.25) is 15.9 Å². The molecule has 4 rings (SSSR count). The van der Waals surface area contributed by atoms with Gasteiger partial charge in [-0.15, -0.1) is 10.2 Å². The average Bonchev–Trinajstić information content (AvgIpc) is 3.30. The first-order valence-electron chi connectivity index (χ1n) is 10.6. The minimum atomic E-state index is -3.79. The molecule has 3 aromatic rings. The largest absolute Gasteiger partial charge is 0.449 e. The number of morpholine rings is 1. The van der Waals surface area contributed by atoms with Gasteiger partial charge < -0.3 is 13.9 Å². The maximum absolute atomic E-state index is 13.1. The lowest BCUT2D eigenvalue weighted by molar-refractivity contribution is -0.0440. The number of benzene rings is 2. The zero-order valence-corrected chi connectivity index (χ0v) is 19.4.